The molecule has 0 saturated heterocycles. The highest BCUT2D eigenvalue weighted by atomic mass is 16.3. The van der Waals surface area contributed by atoms with Crippen LogP contribution in [-0.4, -0.2) is 24.5 Å². The van der Waals surface area contributed by atoms with Gasteiger partial charge in [0.15, 0.2) is 11.6 Å². The Bertz CT molecular complexity index is 2790. The van der Waals surface area contributed by atoms with Gasteiger partial charge in [-0.2, -0.15) is 9.97 Å². The topological polar surface area (TPSA) is 69.6 Å². The average molecular weight is 616 g/mol. The molecule has 0 spiro atoms. The van der Waals surface area contributed by atoms with E-state index in [0.717, 1.165) is 60.4 Å². The van der Waals surface area contributed by atoms with Crippen molar-refractivity contribution in [3.8, 4) is 39.9 Å². The molecule has 0 aliphatic rings. The molecule has 48 heavy (non-hydrogen) atoms. The summed E-state index contributed by atoms with van der Waals surface area (Å²) in [6.45, 7) is 0. The van der Waals surface area contributed by atoms with E-state index in [1.807, 2.05) is 30.5 Å². The molecule has 6 aromatic carbocycles. The minimum absolute atomic E-state index is 0.549. The summed E-state index contributed by atoms with van der Waals surface area (Å²) < 4.78 is 8.35. The monoisotopic (exact) mass is 615 g/mol. The van der Waals surface area contributed by atoms with Gasteiger partial charge < -0.3 is 4.42 Å². The third-order valence-corrected chi connectivity index (χ3v) is 9.18. The van der Waals surface area contributed by atoms with Crippen LogP contribution in [0.3, 0.4) is 0 Å². The van der Waals surface area contributed by atoms with Gasteiger partial charge in [0.25, 0.3) is 0 Å². The van der Waals surface area contributed by atoms with Crippen LogP contribution in [0, 0.1) is 0 Å². The van der Waals surface area contributed by atoms with E-state index in [-0.39, 0.29) is 0 Å². The van der Waals surface area contributed by atoms with Crippen LogP contribution in [0.25, 0.3) is 94.4 Å². The molecule has 224 valence electrons. The number of benzene rings is 6. The number of para-hydroxylation sites is 2. The zero-order valence-electron chi connectivity index (χ0n) is 25.6. The first-order chi connectivity index (χ1) is 23.8. The Morgan fingerprint density at radius 3 is 1.92 bits per heavy atom. The smallest absolute Gasteiger partial charge is 0.238 e. The number of rotatable bonds is 4. The SMILES string of the molecule is c1ccc2c(-c3ccc(-c4nc(-c5cccc6oc7ccncc7c56)nc(-n5c6ccccc6c6ccccc65)n4)cc3)cccc2c1. The number of fused-ring (bicyclic) bond motifs is 7. The Labute approximate surface area is 274 Å². The number of furan rings is 1. The van der Waals surface area contributed by atoms with Gasteiger partial charge in [-0.25, -0.2) is 4.98 Å². The summed E-state index contributed by atoms with van der Waals surface area (Å²) in [5, 5.41) is 6.57. The van der Waals surface area contributed by atoms with Crippen LogP contribution in [0.5, 0.6) is 0 Å². The molecule has 6 nitrogen and oxygen atoms in total. The minimum Gasteiger partial charge on any atom is -0.456 e. The van der Waals surface area contributed by atoms with E-state index in [9.17, 15) is 0 Å². The molecule has 0 atom stereocenters. The number of aromatic nitrogens is 5. The van der Waals surface area contributed by atoms with E-state index in [2.05, 4.69) is 125 Å². The lowest BCUT2D eigenvalue weighted by Crippen LogP contribution is -2.06. The standard InChI is InChI=1S/C42H25N5O/c1-2-11-29-26(9-1)10-7-14-30(29)27-19-21-28(22-20-27)40-44-41(33-15-8-18-38-39(33)34-25-43-24-23-37(34)48-38)46-42(45-40)47-35-16-5-3-12-31(35)32-13-4-6-17-36(32)47/h1-25H. The third-order valence-electron chi connectivity index (χ3n) is 9.18. The summed E-state index contributed by atoms with van der Waals surface area (Å²) in [5.41, 5.74) is 7.67. The van der Waals surface area contributed by atoms with Crippen molar-refractivity contribution < 1.29 is 4.42 Å². The Hall–Kier alpha value is -6.66. The van der Waals surface area contributed by atoms with Gasteiger partial charge in [0.1, 0.15) is 11.2 Å². The van der Waals surface area contributed by atoms with Crippen molar-refractivity contribution in [2.45, 2.75) is 0 Å². The van der Waals surface area contributed by atoms with Crippen LogP contribution in [-0.2, 0) is 0 Å². The highest BCUT2D eigenvalue weighted by molar-refractivity contribution is 6.12. The summed E-state index contributed by atoms with van der Waals surface area (Å²) in [6, 6.07) is 48.1. The molecule has 0 bridgehead atoms. The summed E-state index contributed by atoms with van der Waals surface area (Å²) >= 11 is 0. The zero-order chi connectivity index (χ0) is 31.6. The number of nitrogens with zero attached hydrogens (tertiary/aromatic N) is 5. The molecule has 0 aliphatic heterocycles. The van der Waals surface area contributed by atoms with Crippen LogP contribution in [0.2, 0.25) is 0 Å². The first-order valence-electron chi connectivity index (χ1n) is 15.9. The predicted octanol–water partition coefficient (Wildman–Crippen LogP) is 10.4. The van der Waals surface area contributed by atoms with Gasteiger partial charge >= 0.3 is 0 Å². The Morgan fingerprint density at radius 1 is 0.458 bits per heavy atom. The highest BCUT2D eigenvalue weighted by Gasteiger charge is 2.20. The van der Waals surface area contributed by atoms with Crippen molar-refractivity contribution in [2.75, 3.05) is 0 Å². The van der Waals surface area contributed by atoms with E-state index >= 15 is 0 Å². The van der Waals surface area contributed by atoms with Crippen molar-refractivity contribution in [1.82, 2.24) is 24.5 Å². The van der Waals surface area contributed by atoms with Crippen molar-refractivity contribution >= 4 is 54.5 Å². The van der Waals surface area contributed by atoms with Crippen LogP contribution < -0.4 is 0 Å². The third kappa shape index (κ3) is 4.06. The van der Waals surface area contributed by atoms with Crippen LogP contribution in [0.15, 0.2) is 156 Å². The lowest BCUT2D eigenvalue weighted by Gasteiger charge is -2.12. The minimum atomic E-state index is 0.549. The summed E-state index contributed by atoms with van der Waals surface area (Å²) in [4.78, 5) is 19.9. The molecule has 0 aliphatic carbocycles. The van der Waals surface area contributed by atoms with Gasteiger partial charge in [0.05, 0.1) is 11.0 Å². The Balaban J connectivity index is 1.22. The molecule has 4 aromatic heterocycles. The van der Waals surface area contributed by atoms with Crippen molar-refractivity contribution in [3.05, 3.63) is 152 Å². The maximum absolute atomic E-state index is 6.22. The average Bonchev–Trinajstić information content (AvgIpc) is 3.71. The Morgan fingerprint density at radius 2 is 1.10 bits per heavy atom. The van der Waals surface area contributed by atoms with E-state index in [4.69, 9.17) is 19.4 Å². The van der Waals surface area contributed by atoms with Gasteiger partial charge in [-0.05, 0) is 46.2 Å². The number of hydrogen-bond donors (Lipinski definition) is 0. The maximum Gasteiger partial charge on any atom is 0.238 e. The molecule has 0 radical (unpaired) electrons. The summed E-state index contributed by atoms with van der Waals surface area (Å²) in [6.07, 6.45) is 3.58. The molecular weight excluding hydrogens is 590 g/mol. The van der Waals surface area contributed by atoms with Crippen molar-refractivity contribution in [3.63, 3.8) is 0 Å². The highest BCUT2D eigenvalue weighted by Crippen LogP contribution is 2.37. The second-order valence-electron chi connectivity index (χ2n) is 11.9. The molecule has 4 heterocycles. The van der Waals surface area contributed by atoms with Gasteiger partial charge in [0.2, 0.25) is 5.95 Å². The van der Waals surface area contributed by atoms with Crippen LogP contribution in [0.1, 0.15) is 0 Å². The number of pyridine rings is 1. The Kier molecular flexibility index (Phi) is 5.77. The normalized spacial score (nSPS) is 11.8. The maximum atomic E-state index is 6.22. The fourth-order valence-corrected chi connectivity index (χ4v) is 6.99. The molecule has 10 rings (SSSR count). The van der Waals surface area contributed by atoms with Crippen molar-refractivity contribution in [1.29, 1.82) is 0 Å². The van der Waals surface area contributed by atoms with Gasteiger partial charge in [-0.15, -0.1) is 0 Å². The fraction of sp³-hybridized carbons (Fsp3) is 0. The molecule has 0 fully saturated rings. The van der Waals surface area contributed by atoms with Gasteiger partial charge in [-0.1, -0.05) is 115 Å². The van der Waals surface area contributed by atoms with Crippen molar-refractivity contribution in [2.24, 2.45) is 0 Å². The van der Waals surface area contributed by atoms with E-state index in [0.29, 0.717) is 17.6 Å². The van der Waals surface area contributed by atoms with E-state index in [1.54, 1.807) is 6.20 Å². The van der Waals surface area contributed by atoms with E-state index in [1.165, 1.54) is 16.3 Å². The van der Waals surface area contributed by atoms with E-state index < -0.39 is 0 Å². The molecule has 0 unspecified atom stereocenters. The molecule has 10 aromatic rings. The summed E-state index contributed by atoms with van der Waals surface area (Å²) in [5.74, 6) is 1.70. The zero-order valence-corrected chi connectivity index (χ0v) is 25.6. The largest absolute Gasteiger partial charge is 0.456 e. The lowest BCUT2D eigenvalue weighted by atomic mass is 9.97. The fourth-order valence-electron chi connectivity index (χ4n) is 6.99. The van der Waals surface area contributed by atoms with Gasteiger partial charge in [0, 0.05) is 45.1 Å². The molecule has 0 saturated carbocycles. The molecule has 6 heteroatoms. The first-order valence-corrected chi connectivity index (χ1v) is 15.9. The molecular formula is C42H25N5O. The predicted molar refractivity (Wildman–Crippen MR) is 193 cm³/mol. The van der Waals surface area contributed by atoms with Gasteiger partial charge in [-0.3, -0.25) is 9.55 Å². The second kappa shape index (κ2) is 10.4. The molecule has 0 amide bonds. The number of hydrogen-bond acceptors (Lipinski definition) is 5. The lowest BCUT2D eigenvalue weighted by molar-refractivity contribution is 0.668. The molecule has 0 N–H and O–H groups in total. The second-order valence-corrected chi connectivity index (χ2v) is 11.9. The quantitative estimate of drug-likeness (QED) is 0.197. The summed E-state index contributed by atoms with van der Waals surface area (Å²) in [7, 11) is 0. The first kappa shape index (κ1) is 26.5. The van der Waals surface area contributed by atoms with Crippen LogP contribution >= 0.6 is 0 Å². The van der Waals surface area contributed by atoms with Crippen LogP contribution in [0.4, 0.5) is 0 Å².